The van der Waals surface area contributed by atoms with Crippen molar-refractivity contribution in [2.24, 2.45) is 0 Å². The second kappa shape index (κ2) is 16.4. The lowest BCUT2D eigenvalue weighted by molar-refractivity contribution is 0.660. The van der Waals surface area contributed by atoms with Crippen molar-refractivity contribution in [3.05, 3.63) is 254 Å². The monoisotopic (exact) mass is 966 g/mol. The van der Waals surface area contributed by atoms with Crippen LogP contribution in [0.2, 0.25) is 0 Å². The average molecular weight is 967 g/mol. The Hall–Kier alpha value is -8.28. The highest BCUT2D eigenvalue weighted by atomic mass is 32.2. The van der Waals surface area contributed by atoms with E-state index in [0.717, 1.165) is 11.4 Å². The van der Waals surface area contributed by atoms with Crippen LogP contribution in [0.15, 0.2) is 262 Å². The van der Waals surface area contributed by atoms with Gasteiger partial charge < -0.3 is 9.80 Å². The highest BCUT2D eigenvalue weighted by Crippen LogP contribution is 2.57. The van der Waals surface area contributed by atoms with E-state index in [2.05, 4.69) is 266 Å². The van der Waals surface area contributed by atoms with Gasteiger partial charge in [-0.3, -0.25) is 0 Å². The van der Waals surface area contributed by atoms with Gasteiger partial charge in [0.15, 0.2) is 0 Å². The minimum atomic E-state index is -0.171. The summed E-state index contributed by atoms with van der Waals surface area (Å²) in [4.78, 5) is 9.94. The molecule has 2 nitrogen and oxygen atoms in total. The van der Waals surface area contributed by atoms with Gasteiger partial charge in [-0.15, -0.1) is 0 Å². The third kappa shape index (κ3) is 6.47. The maximum Gasteiger partial charge on any atom is 0.0601 e. The van der Waals surface area contributed by atoms with Crippen LogP contribution in [0.3, 0.4) is 0 Å². The summed E-state index contributed by atoms with van der Waals surface area (Å²) >= 11 is 3.70. The lowest BCUT2D eigenvalue weighted by Gasteiger charge is -2.34. The Morgan fingerprint density at radius 2 is 0.753 bits per heavy atom. The minimum Gasteiger partial charge on any atom is -0.308 e. The molecule has 2 aliphatic heterocycles. The Balaban J connectivity index is 1.08. The van der Waals surface area contributed by atoms with Crippen molar-refractivity contribution in [1.29, 1.82) is 0 Å². The molecule has 0 saturated heterocycles. The van der Waals surface area contributed by atoms with Crippen molar-refractivity contribution in [2.75, 3.05) is 9.80 Å². The smallest absolute Gasteiger partial charge is 0.0601 e. The van der Waals surface area contributed by atoms with Crippen LogP contribution < -0.4 is 9.80 Å². The molecule has 0 radical (unpaired) electrons. The fourth-order valence-corrected chi connectivity index (χ4v) is 14.4. The molecular formula is C69H46N2S2. The zero-order valence-corrected chi connectivity index (χ0v) is 41.9. The zero-order valence-electron chi connectivity index (χ0n) is 40.3. The molecule has 2 heterocycles. The quantitative estimate of drug-likeness (QED) is 0.159. The first-order valence-electron chi connectivity index (χ1n) is 25.2. The molecule has 0 unspecified atom stereocenters. The number of hydrogen-bond donors (Lipinski definition) is 0. The minimum absolute atomic E-state index is 0.171. The molecule has 4 heteroatoms. The summed E-state index contributed by atoms with van der Waals surface area (Å²) in [6.07, 6.45) is 0. The number of nitrogens with zero attached hydrogens (tertiary/aromatic N) is 2. The van der Waals surface area contributed by atoms with Crippen molar-refractivity contribution in [3.63, 3.8) is 0 Å². The molecule has 0 saturated carbocycles. The molecule has 0 N–H and O–H groups in total. The van der Waals surface area contributed by atoms with Gasteiger partial charge in [0.25, 0.3) is 0 Å². The molecule has 0 fully saturated rings. The number of rotatable bonds is 5. The molecule has 73 heavy (non-hydrogen) atoms. The lowest BCUT2D eigenvalue weighted by atomic mass is 9.80. The van der Waals surface area contributed by atoms with E-state index >= 15 is 0 Å². The molecule has 3 aliphatic rings. The number of hydrogen-bond acceptors (Lipinski definition) is 4. The van der Waals surface area contributed by atoms with Crippen molar-refractivity contribution in [2.45, 2.75) is 38.8 Å². The zero-order chi connectivity index (χ0) is 48.4. The molecule has 15 rings (SSSR count). The van der Waals surface area contributed by atoms with Gasteiger partial charge in [-0.2, -0.15) is 0 Å². The van der Waals surface area contributed by atoms with Crippen LogP contribution >= 0.6 is 23.5 Å². The van der Waals surface area contributed by atoms with Crippen molar-refractivity contribution >= 4 is 90.0 Å². The Morgan fingerprint density at radius 3 is 1.37 bits per heavy atom. The molecule has 12 aromatic rings. The fourth-order valence-electron chi connectivity index (χ4n) is 12.3. The van der Waals surface area contributed by atoms with Crippen molar-refractivity contribution in [1.82, 2.24) is 0 Å². The Kier molecular flexibility index (Phi) is 9.51. The van der Waals surface area contributed by atoms with E-state index in [1.807, 2.05) is 23.5 Å². The van der Waals surface area contributed by atoms with Crippen LogP contribution in [0, 0.1) is 0 Å². The number of anilines is 6. The van der Waals surface area contributed by atoms with E-state index in [4.69, 9.17) is 0 Å². The van der Waals surface area contributed by atoms with Gasteiger partial charge in [0.1, 0.15) is 0 Å². The van der Waals surface area contributed by atoms with E-state index in [1.54, 1.807) is 0 Å². The molecule has 0 atom stereocenters. The molecule has 1 aliphatic carbocycles. The molecule has 0 amide bonds. The Labute approximate surface area is 434 Å². The van der Waals surface area contributed by atoms with Gasteiger partial charge in [0.2, 0.25) is 0 Å². The van der Waals surface area contributed by atoms with Gasteiger partial charge in [-0.1, -0.05) is 201 Å². The first kappa shape index (κ1) is 42.4. The van der Waals surface area contributed by atoms with E-state index < -0.39 is 0 Å². The van der Waals surface area contributed by atoms with Gasteiger partial charge in [-0.05, 0) is 167 Å². The van der Waals surface area contributed by atoms with Gasteiger partial charge >= 0.3 is 0 Å². The summed E-state index contributed by atoms with van der Waals surface area (Å²) in [6.45, 7) is 4.79. The Bertz CT molecular complexity index is 4190. The normalized spacial score (nSPS) is 13.8. The third-order valence-electron chi connectivity index (χ3n) is 15.6. The fraction of sp³-hybridized carbons (Fsp3) is 0.0435. The molecule has 344 valence electrons. The summed E-state index contributed by atoms with van der Waals surface area (Å²) in [6, 6.07) is 90.9. The maximum atomic E-state index is 2.52. The van der Waals surface area contributed by atoms with Crippen LogP contribution in [0.25, 0.3) is 76.8 Å². The highest BCUT2D eigenvalue weighted by molar-refractivity contribution is 8.00. The van der Waals surface area contributed by atoms with Crippen LogP contribution in [0.1, 0.15) is 25.0 Å². The van der Waals surface area contributed by atoms with Crippen LogP contribution in [-0.2, 0) is 5.41 Å². The first-order chi connectivity index (χ1) is 36.0. The Morgan fingerprint density at radius 1 is 0.301 bits per heavy atom. The standard InChI is InChI=1S/C69H46N2S2/c1-69(2)57-25-8-7-22-50(57)51-37-34-44(40-58(51)69)67-53-38-35-46(71-61-28-11-15-32-65(61)73-66-33-16-12-29-62(66)71)42-56(53)68(52-23-6-5-21-49(52)48-24-17-19-43-18-3-4-20-47(43)48)54-39-36-45(41-55(54)67)70-59-26-9-13-30-63(59)72-64-31-14-10-27-60(64)70/h3-42H,1-2H3. The third-order valence-corrected chi connectivity index (χ3v) is 17.9. The molecule has 12 aromatic carbocycles. The maximum absolute atomic E-state index is 2.52. The van der Waals surface area contributed by atoms with Gasteiger partial charge in [0.05, 0.1) is 22.7 Å². The lowest BCUT2D eigenvalue weighted by Crippen LogP contribution is -2.15. The SMILES string of the molecule is CC1(C)c2ccccc2-c2ccc(-c3c4cc(N5c6ccccc6Sc6ccccc65)ccc4c(-c4ccccc4-c4cccc5ccccc45)c4cc(N5c6ccccc6Sc6ccccc65)ccc34)cc21. The predicted molar refractivity (Wildman–Crippen MR) is 310 cm³/mol. The average Bonchev–Trinajstić information content (AvgIpc) is 3.67. The number of para-hydroxylation sites is 4. The summed E-state index contributed by atoms with van der Waals surface area (Å²) < 4.78 is 0. The topological polar surface area (TPSA) is 6.48 Å². The molecule has 0 spiro atoms. The largest absolute Gasteiger partial charge is 0.308 e. The van der Waals surface area contributed by atoms with Crippen LogP contribution in [-0.4, -0.2) is 0 Å². The predicted octanol–water partition coefficient (Wildman–Crippen LogP) is 20.3. The summed E-state index contributed by atoms with van der Waals surface area (Å²) in [5.74, 6) is 0. The van der Waals surface area contributed by atoms with Gasteiger partial charge in [0, 0.05) is 36.4 Å². The first-order valence-corrected chi connectivity index (χ1v) is 26.8. The summed E-state index contributed by atoms with van der Waals surface area (Å²) in [5.41, 5.74) is 19.6. The van der Waals surface area contributed by atoms with Crippen molar-refractivity contribution < 1.29 is 0 Å². The van der Waals surface area contributed by atoms with Crippen LogP contribution in [0.5, 0.6) is 0 Å². The highest BCUT2D eigenvalue weighted by Gasteiger charge is 2.36. The summed E-state index contributed by atoms with van der Waals surface area (Å²) in [5, 5.41) is 7.32. The summed E-state index contributed by atoms with van der Waals surface area (Å²) in [7, 11) is 0. The number of fused-ring (bicyclic) bond motifs is 10. The second-order valence-corrected chi connectivity index (χ2v) is 22.1. The molecular weight excluding hydrogens is 921 g/mol. The number of benzene rings is 12. The molecule has 0 aromatic heterocycles. The second-order valence-electron chi connectivity index (χ2n) is 20.0. The molecule has 0 bridgehead atoms. The van der Waals surface area contributed by atoms with E-state index in [1.165, 1.54) is 130 Å². The van der Waals surface area contributed by atoms with E-state index in [-0.39, 0.29) is 5.41 Å². The van der Waals surface area contributed by atoms with E-state index in [9.17, 15) is 0 Å². The van der Waals surface area contributed by atoms with E-state index in [0.29, 0.717) is 0 Å². The van der Waals surface area contributed by atoms with Gasteiger partial charge in [-0.25, -0.2) is 0 Å². The van der Waals surface area contributed by atoms with Crippen LogP contribution in [0.4, 0.5) is 34.1 Å². The van der Waals surface area contributed by atoms with Crippen molar-refractivity contribution in [3.8, 4) is 44.5 Å².